The number of nitrogens with one attached hydrogen (secondary N) is 1. The second-order valence-corrected chi connectivity index (χ2v) is 5.43. The van der Waals surface area contributed by atoms with Crippen LogP contribution in [0.15, 0.2) is 18.2 Å². The van der Waals surface area contributed by atoms with Crippen LogP contribution in [0.4, 0.5) is 0 Å². The topological polar surface area (TPSA) is 30.5 Å². The van der Waals surface area contributed by atoms with Crippen molar-refractivity contribution in [2.45, 2.75) is 33.1 Å². The Balaban J connectivity index is 2.89. The van der Waals surface area contributed by atoms with Gasteiger partial charge in [-0.25, -0.2) is 0 Å². The van der Waals surface area contributed by atoms with Gasteiger partial charge in [-0.1, -0.05) is 38.0 Å². The summed E-state index contributed by atoms with van der Waals surface area (Å²) in [6.07, 6.45) is 1.16. The van der Waals surface area contributed by atoms with Crippen molar-refractivity contribution in [3.63, 3.8) is 0 Å². The first-order valence-corrected chi connectivity index (χ1v) is 7.48. The molecule has 3 nitrogen and oxygen atoms in total. The van der Waals surface area contributed by atoms with Crippen molar-refractivity contribution in [2.75, 3.05) is 33.9 Å². The molecule has 2 unspecified atom stereocenters. The summed E-state index contributed by atoms with van der Waals surface area (Å²) in [6, 6.07) is 6.44. The fourth-order valence-electron chi connectivity index (χ4n) is 2.48. The zero-order valence-corrected chi connectivity index (χ0v) is 13.5. The molecule has 0 heterocycles. The molecule has 0 aliphatic carbocycles. The highest BCUT2D eigenvalue weighted by molar-refractivity contribution is 5.40. The first-order valence-electron chi connectivity index (χ1n) is 7.48. The van der Waals surface area contributed by atoms with Crippen LogP contribution in [0.5, 0.6) is 5.75 Å². The molecule has 3 heteroatoms. The normalized spacial score (nSPS) is 14.1. The SMILES string of the molecule is CCC(C)C(CNCCOC)c1cc(C)ccc1OC. The highest BCUT2D eigenvalue weighted by Crippen LogP contribution is 2.33. The molecule has 0 spiro atoms. The van der Waals surface area contributed by atoms with Gasteiger partial charge in [0.1, 0.15) is 5.75 Å². The Morgan fingerprint density at radius 3 is 2.60 bits per heavy atom. The second-order valence-electron chi connectivity index (χ2n) is 5.43. The molecule has 20 heavy (non-hydrogen) atoms. The lowest BCUT2D eigenvalue weighted by Crippen LogP contribution is -2.28. The molecule has 0 radical (unpaired) electrons. The molecule has 0 aliphatic heterocycles. The van der Waals surface area contributed by atoms with Gasteiger partial charge in [-0.3, -0.25) is 0 Å². The third-order valence-electron chi connectivity index (χ3n) is 3.96. The molecule has 1 N–H and O–H groups in total. The Morgan fingerprint density at radius 2 is 2.00 bits per heavy atom. The largest absolute Gasteiger partial charge is 0.496 e. The van der Waals surface area contributed by atoms with Crippen LogP contribution in [-0.2, 0) is 4.74 Å². The van der Waals surface area contributed by atoms with Gasteiger partial charge in [0.25, 0.3) is 0 Å². The number of ether oxygens (including phenoxy) is 2. The summed E-state index contributed by atoms with van der Waals surface area (Å²) in [6.45, 7) is 9.28. The smallest absolute Gasteiger partial charge is 0.122 e. The number of benzene rings is 1. The molecule has 0 saturated heterocycles. The standard InChI is InChI=1S/C17H29NO2/c1-6-14(3)16(12-18-9-10-19-4)15-11-13(2)7-8-17(15)20-5/h7-8,11,14,16,18H,6,9-10,12H2,1-5H3. The molecule has 1 aromatic rings. The molecule has 1 aromatic carbocycles. The summed E-state index contributed by atoms with van der Waals surface area (Å²) < 4.78 is 10.6. The van der Waals surface area contributed by atoms with Gasteiger partial charge in [0.2, 0.25) is 0 Å². The van der Waals surface area contributed by atoms with Crippen LogP contribution in [0, 0.1) is 12.8 Å². The van der Waals surface area contributed by atoms with Gasteiger partial charge in [-0.15, -0.1) is 0 Å². The molecule has 114 valence electrons. The average molecular weight is 279 g/mol. The molecule has 0 fully saturated rings. The van der Waals surface area contributed by atoms with Gasteiger partial charge >= 0.3 is 0 Å². The molecule has 1 rings (SSSR count). The van der Waals surface area contributed by atoms with E-state index in [1.807, 2.05) is 0 Å². The van der Waals surface area contributed by atoms with E-state index in [4.69, 9.17) is 9.47 Å². The molecule has 0 aromatic heterocycles. The minimum Gasteiger partial charge on any atom is -0.496 e. The minimum atomic E-state index is 0.465. The van der Waals surface area contributed by atoms with Crippen LogP contribution in [-0.4, -0.2) is 33.9 Å². The van der Waals surface area contributed by atoms with E-state index < -0.39 is 0 Å². The lowest BCUT2D eigenvalue weighted by Gasteiger charge is -2.26. The predicted octanol–water partition coefficient (Wildman–Crippen LogP) is 3.37. The summed E-state index contributed by atoms with van der Waals surface area (Å²) in [4.78, 5) is 0. The Bertz CT molecular complexity index is 393. The summed E-state index contributed by atoms with van der Waals surface area (Å²) in [5.41, 5.74) is 2.60. The number of rotatable bonds is 9. The maximum absolute atomic E-state index is 5.55. The zero-order valence-electron chi connectivity index (χ0n) is 13.5. The van der Waals surface area contributed by atoms with E-state index >= 15 is 0 Å². The van der Waals surface area contributed by atoms with Crippen molar-refractivity contribution in [1.82, 2.24) is 5.32 Å². The van der Waals surface area contributed by atoms with E-state index in [2.05, 4.69) is 44.3 Å². The lowest BCUT2D eigenvalue weighted by atomic mass is 9.84. The fourth-order valence-corrected chi connectivity index (χ4v) is 2.48. The van der Waals surface area contributed by atoms with E-state index in [9.17, 15) is 0 Å². The van der Waals surface area contributed by atoms with Crippen molar-refractivity contribution >= 4 is 0 Å². The van der Waals surface area contributed by atoms with Crippen LogP contribution < -0.4 is 10.1 Å². The van der Waals surface area contributed by atoms with E-state index in [-0.39, 0.29) is 0 Å². The van der Waals surface area contributed by atoms with Gasteiger partial charge in [0.15, 0.2) is 0 Å². The van der Waals surface area contributed by atoms with Gasteiger partial charge in [-0.2, -0.15) is 0 Å². The third-order valence-corrected chi connectivity index (χ3v) is 3.96. The van der Waals surface area contributed by atoms with E-state index in [0.717, 1.165) is 31.9 Å². The number of methoxy groups -OCH3 is 2. The molecule has 0 bridgehead atoms. The van der Waals surface area contributed by atoms with Crippen LogP contribution in [0.1, 0.15) is 37.3 Å². The monoisotopic (exact) mass is 279 g/mol. The van der Waals surface area contributed by atoms with E-state index in [1.165, 1.54) is 11.1 Å². The van der Waals surface area contributed by atoms with Crippen molar-refractivity contribution < 1.29 is 9.47 Å². The third kappa shape index (κ3) is 4.80. The van der Waals surface area contributed by atoms with Crippen LogP contribution >= 0.6 is 0 Å². The summed E-state index contributed by atoms with van der Waals surface area (Å²) in [5.74, 6) is 2.07. The second kappa shape index (κ2) is 8.98. The first kappa shape index (κ1) is 17.0. The summed E-state index contributed by atoms with van der Waals surface area (Å²) in [7, 11) is 3.48. The summed E-state index contributed by atoms with van der Waals surface area (Å²) in [5, 5.41) is 3.49. The van der Waals surface area contributed by atoms with Crippen molar-refractivity contribution in [2.24, 2.45) is 5.92 Å². The van der Waals surface area contributed by atoms with E-state index in [1.54, 1.807) is 14.2 Å². The maximum atomic E-state index is 5.55. The fraction of sp³-hybridized carbons (Fsp3) is 0.647. The number of hydrogen-bond donors (Lipinski definition) is 1. The van der Waals surface area contributed by atoms with Gasteiger partial charge in [-0.05, 0) is 24.5 Å². The maximum Gasteiger partial charge on any atom is 0.122 e. The van der Waals surface area contributed by atoms with Crippen molar-refractivity contribution in [1.29, 1.82) is 0 Å². The van der Waals surface area contributed by atoms with Crippen LogP contribution in [0.25, 0.3) is 0 Å². The van der Waals surface area contributed by atoms with Crippen molar-refractivity contribution in [3.8, 4) is 5.75 Å². The Labute approximate surface area is 123 Å². The average Bonchev–Trinajstić information content (AvgIpc) is 2.46. The summed E-state index contributed by atoms with van der Waals surface area (Å²) >= 11 is 0. The predicted molar refractivity (Wildman–Crippen MR) is 84.7 cm³/mol. The lowest BCUT2D eigenvalue weighted by molar-refractivity contribution is 0.198. The number of aryl methyl sites for hydroxylation is 1. The van der Waals surface area contributed by atoms with Gasteiger partial charge in [0, 0.05) is 26.1 Å². The van der Waals surface area contributed by atoms with Gasteiger partial charge in [0.05, 0.1) is 13.7 Å². The zero-order chi connectivity index (χ0) is 15.0. The minimum absolute atomic E-state index is 0.465. The van der Waals surface area contributed by atoms with Crippen LogP contribution in [0.2, 0.25) is 0 Å². The first-order chi connectivity index (χ1) is 9.63. The Morgan fingerprint density at radius 1 is 1.25 bits per heavy atom. The molecule has 0 amide bonds. The quantitative estimate of drug-likeness (QED) is 0.703. The van der Waals surface area contributed by atoms with Crippen molar-refractivity contribution in [3.05, 3.63) is 29.3 Å². The highest BCUT2D eigenvalue weighted by atomic mass is 16.5. The Hall–Kier alpha value is -1.06. The molecule has 2 atom stereocenters. The number of hydrogen-bond acceptors (Lipinski definition) is 3. The Kier molecular flexibility index (Phi) is 7.63. The van der Waals surface area contributed by atoms with E-state index in [0.29, 0.717) is 11.8 Å². The molecule has 0 aliphatic rings. The molecular weight excluding hydrogens is 250 g/mol. The highest BCUT2D eigenvalue weighted by Gasteiger charge is 2.21. The molecular formula is C17H29NO2. The molecule has 0 saturated carbocycles. The van der Waals surface area contributed by atoms with Crippen LogP contribution in [0.3, 0.4) is 0 Å². The van der Waals surface area contributed by atoms with Gasteiger partial charge < -0.3 is 14.8 Å².